The number of carbonyl (C=O) groups excluding carboxylic acids is 1. The van der Waals surface area contributed by atoms with Crippen molar-refractivity contribution in [1.82, 2.24) is 4.90 Å². The Morgan fingerprint density at radius 2 is 2.11 bits per heavy atom. The van der Waals surface area contributed by atoms with E-state index in [1.807, 2.05) is 12.1 Å². The number of ether oxygens (including phenoxy) is 1. The van der Waals surface area contributed by atoms with Crippen LogP contribution in [0.1, 0.15) is 25.3 Å². The molecule has 0 bridgehead atoms. The van der Waals surface area contributed by atoms with Gasteiger partial charge in [-0.3, -0.25) is 9.69 Å². The first kappa shape index (κ1) is 13.1. The predicted molar refractivity (Wildman–Crippen MR) is 71.7 cm³/mol. The highest BCUT2D eigenvalue weighted by molar-refractivity contribution is 5.78. The van der Waals surface area contributed by atoms with Crippen LogP contribution < -0.4 is 4.74 Å². The Kier molecular flexibility index (Phi) is 4.37. The molecule has 0 aromatic heterocycles. The minimum absolute atomic E-state index is 0.284. The number of rotatable bonds is 4. The van der Waals surface area contributed by atoms with Crippen LogP contribution in [0.5, 0.6) is 5.75 Å². The van der Waals surface area contributed by atoms with Crippen LogP contribution in [0.2, 0.25) is 0 Å². The monoisotopic (exact) mass is 247 g/mol. The van der Waals surface area contributed by atoms with Crippen molar-refractivity contribution in [2.45, 2.75) is 26.3 Å². The molecule has 0 aliphatic carbocycles. The average molecular weight is 247 g/mol. The number of hydrogen-bond acceptors (Lipinski definition) is 3. The largest absolute Gasteiger partial charge is 0.497 e. The quantitative estimate of drug-likeness (QED) is 0.818. The van der Waals surface area contributed by atoms with Crippen LogP contribution in [0.3, 0.4) is 0 Å². The third kappa shape index (κ3) is 3.33. The van der Waals surface area contributed by atoms with E-state index in [9.17, 15) is 4.79 Å². The Balaban J connectivity index is 1.89. The minimum atomic E-state index is 0.284. The van der Waals surface area contributed by atoms with E-state index in [4.69, 9.17) is 4.74 Å². The molecule has 1 heterocycles. The van der Waals surface area contributed by atoms with Crippen LogP contribution in [0.4, 0.5) is 0 Å². The molecule has 1 fully saturated rings. The Morgan fingerprint density at radius 1 is 1.39 bits per heavy atom. The van der Waals surface area contributed by atoms with Crippen LogP contribution in [0.25, 0.3) is 0 Å². The molecule has 98 valence electrons. The Hall–Kier alpha value is -1.35. The smallest absolute Gasteiger partial charge is 0.133 e. The van der Waals surface area contributed by atoms with Crippen molar-refractivity contribution in [3.8, 4) is 5.75 Å². The molecule has 0 unspecified atom stereocenters. The van der Waals surface area contributed by atoms with Gasteiger partial charge >= 0.3 is 0 Å². The van der Waals surface area contributed by atoms with E-state index in [0.717, 1.165) is 38.2 Å². The highest BCUT2D eigenvalue weighted by Gasteiger charge is 2.22. The summed E-state index contributed by atoms with van der Waals surface area (Å²) in [6.45, 7) is 4.69. The van der Waals surface area contributed by atoms with E-state index >= 15 is 0 Å². The molecule has 0 saturated carbocycles. The van der Waals surface area contributed by atoms with Crippen molar-refractivity contribution in [2.75, 3.05) is 20.2 Å². The zero-order chi connectivity index (χ0) is 13.0. The molecule has 1 aliphatic heterocycles. The zero-order valence-corrected chi connectivity index (χ0v) is 11.2. The van der Waals surface area contributed by atoms with E-state index in [2.05, 4.69) is 17.0 Å². The van der Waals surface area contributed by atoms with Crippen molar-refractivity contribution in [3.63, 3.8) is 0 Å². The summed E-state index contributed by atoms with van der Waals surface area (Å²) in [6.07, 6.45) is 2.00. The maximum absolute atomic E-state index is 11.3. The number of benzene rings is 1. The number of Topliss-reactive ketones (excluding diaryl/α,β-unsaturated/α-hetero) is 1. The molecule has 2 rings (SSSR count). The number of carbonyl (C=O) groups is 1. The van der Waals surface area contributed by atoms with Gasteiger partial charge in [0.2, 0.25) is 0 Å². The maximum atomic E-state index is 11.3. The Labute approximate surface area is 109 Å². The van der Waals surface area contributed by atoms with Gasteiger partial charge in [-0.05, 0) is 50.6 Å². The number of methoxy groups -OCH3 is 1. The molecule has 3 heteroatoms. The molecule has 0 atom stereocenters. The molecule has 3 nitrogen and oxygen atoms in total. The first-order valence-electron chi connectivity index (χ1n) is 6.55. The van der Waals surface area contributed by atoms with Crippen LogP contribution in [0.15, 0.2) is 24.3 Å². The highest BCUT2D eigenvalue weighted by atomic mass is 16.5. The van der Waals surface area contributed by atoms with Gasteiger partial charge in [0.15, 0.2) is 0 Å². The van der Waals surface area contributed by atoms with Crippen molar-refractivity contribution in [2.24, 2.45) is 5.92 Å². The average Bonchev–Trinajstić information content (AvgIpc) is 2.39. The van der Waals surface area contributed by atoms with E-state index in [1.54, 1.807) is 14.0 Å². The van der Waals surface area contributed by atoms with Crippen molar-refractivity contribution in [3.05, 3.63) is 29.8 Å². The Morgan fingerprint density at radius 3 is 2.72 bits per heavy atom. The molecule has 18 heavy (non-hydrogen) atoms. The number of hydrogen-bond donors (Lipinski definition) is 0. The lowest BCUT2D eigenvalue weighted by molar-refractivity contribution is -0.122. The van der Waals surface area contributed by atoms with Crippen molar-refractivity contribution >= 4 is 5.78 Å². The van der Waals surface area contributed by atoms with Crippen molar-refractivity contribution in [1.29, 1.82) is 0 Å². The Bertz CT molecular complexity index is 409. The first-order chi connectivity index (χ1) is 8.69. The summed E-state index contributed by atoms with van der Waals surface area (Å²) < 4.78 is 5.23. The van der Waals surface area contributed by atoms with Crippen LogP contribution >= 0.6 is 0 Å². The maximum Gasteiger partial charge on any atom is 0.133 e. The topological polar surface area (TPSA) is 29.5 Å². The van der Waals surface area contributed by atoms with E-state index < -0.39 is 0 Å². The van der Waals surface area contributed by atoms with Crippen LogP contribution in [-0.2, 0) is 11.3 Å². The fourth-order valence-electron chi connectivity index (χ4n) is 2.53. The lowest BCUT2D eigenvalue weighted by atomic mass is 9.93. The van der Waals surface area contributed by atoms with Gasteiger partial charge in [0.25, 0.3) is 0 Å². The van der Waals surface area contributed by atoms with E-state index in [1.165, 1.54) is 5.56 Å². The number of piperidine rings is 1. The summed E-state index contributed by atoms with van der Waals surface area (Å²) in [7, 11) is 1.69. The van der Waals surface area contributed by atoms with Gasteiger partial charge in [0, 0.05) is 12.5 Å². The van der Waals surface area contributed by atoms with E-state index in [0.29, 0.717) is 5.78 Å². The second-order valence-electron chi connectivity index (χ2n) is 5.01. The summed E-state index contributed by atoms with van der Waals surface area (Å²) in [6, 6.07) is 8.19. The summed E-state index contributed by atoms with van der Waals surface area (Å²) >= 11 is 0. The minimum Gasteiger partial charge on any atom is -0.497 e. The number of ketones is 1. The van der Waals surface area contributed by atoms with Gasteiger partial charge in [0.1, 0.15) is 11.5 Å². The SMILES string of the molecule is COc1cccc(CN2CCC(C(C)=O)CC2)c1. The summed E-state index contributed by atoms with van der Waals surface area (Å²) in [5, 5.41) is 0. The van der Waals surface area contributed by atoms with Gasteiger partial charge in [-0.2, -0.15) is 0 Å². The number of likely N-dealkylation sites (tertiary alicyclic amines) is 1. The zero-order valence-electron chi connectivity index (χ0n) is 11.2. The molecule has 1 aliphatic rings. The second kappa shape index (κ2) is 6.01. The van der Waals surface area contributed by atoms with Gasteiger partial charge < -0.3 is 4.74 Å². The lowest BCUT2D eigenvalue weighted by Crippen LogP contribution is -2.35. The molecule has 1 aromatic rings. The standard InChI is InChI=1S/C15H21NO2/c1-12(17)14-6-8-16(9-7-14)11-13-4-3-5-15(10-13)18-2/h3-5,10,14H,6-9,11H2,1-2H3. The van der Waals surface area contributed by atoms with Crippen LogP contribution in [-0.4, -0.2) is 30.9 Å². The fraction of sp³-hybridized carbons (Fsp3) is 0.533. The van der Waals surface area contributed by atoms with Gasteiger partial charge in [-0.25, -0.2) is 0 Å². The molecule has 0 spiro atoms. The normalized spacial score (nSPS) is 17.7. The second-order valence-corrected chi connectivity index (χ2v) is 5.01. The predicted octanol–water partition coefficient (Wildman–Crippen LogP) is 2.50. The van der Waals surface area contributed by atoms with Crippen molar-refractivity contribution < 1.29 is 9.53 Å². The molecular formula is C15H21NO2. The van der Waals surface area contributed by atoms with Crippen LogP contribution in [0, 0.1) is 5.92 Å². The molecular weight excluding hydrogens is 226 g/mol. The molecule has 1 saturated heterocycles. The van der Waals surface area contributed by atoms with Gasteiger partial charge in [-0.1, -0.05) is 12.1 Å². The lowest BCUT2D eigenvalue weighted by Gasteiger charge is -2.30. The molecule has 0 N–H and O–H groups in total. The molecule has 1 aromatic carbocycles. The summed E-state index contributed by atoms with van der Waals surface area (Å²) in [5.74, 6) is 1.54. The van der Waals surface area contributed by atoms with Gasteiger partial charge in [-0.15, -0.1) is 0 Å². The highest BCUT2D eigenvalue weighted by Crippen LogP contribution is 2.21. The fourth-order valence-corrected chi connectivity index (χ4v) is 2.53. The molecule has 0 amide bonds. The number of nitrogens with zero attached hydrogens (tertiary/aromatic N) is 1. The summed E-state index contributed by atoms with van der Waals surface area (Å²) in [4.78, 5) is 13.7. The third-order valence-electron chi connectivity index (χ3n) is 3.70. The molecule has 0 radical (unpaired) electrons. The third-order valence-corrected chi connectivity index (χ3v) is 3.70. The summed E-state index contributed by atoms with van der Waals surface area (Å²) in [5.41, 5.74) is 1.27. The van der Waals surface area contributed by atoms with E-state index in [-0.39, 0.29) is 5.92 Å². The first-order valence-corrected chi connectivity index (χ1v) is 6.55. The van der Waals surface area contributed by atoms with Gasteiger partial charge in [0.05, 0.1) is 7.11 Å².